The Hall–Kier alpha value is -17.0. The number of aromatic nitrogens is 8. The van der Waals surface area contributed by atoms with E-state index in [1.54, 1.807) is 12.4 Å². The first-order valence-corrected chi connectivity index (χ1v) is 43.9. The van der Waals surface area contributed by atoms with Gasteiger partial charge in [-0.1, -0.05) is 347 Å². The van der Waals surface area contributed by atoms with Gasteiger partial charge < -0.3 is 13.3 Å². The van der Waals surface area contributed by atoms with E-state index in [2.05, 4.69) is 352 Å². The van der Waals surface area contributed by atoms with Gasteiger partial charge in [-0.05, 0) is 146 Å². The molecule has 1 unspecified atom stereocenters. The third kappa shape index (κ3) is 13.1. The highest BCUT2D eigenvalue weighted by Crippen LogP contribution is 2.57. The number of fused-ring (bicyclic) bond motifs is 18. The first-order valence-electron chi connectivity index (χ1n) is 43.9. The van der Waals surface area contributed by atoms with E-state index in [1.807, 2.05) is 84.9 Å². The maximum Gasteiger partial charge on any atom is 0.180 e. The fourth-order valence-electron chi connectivity index (χ4n) is 19.6. The maximum atomic E-state index is 6.39. The summed E-state index contributed by atoms with van der Waals surface area (Å²) >= 11 is 0. The minimum atomic E-state index is -0.445. The summed E-state index contributed by atoms with van der Waals surface area (Å²) in [5.41, 5.74) is 32.1. The molecular formula is C119H78N8O3. The van der Waals surface area contributed by atoms with Crippen LogP contribution in [0.5, 0.6) is 0 Å². The average molecular weight is 1670 g/mol. The standard InChI is InChI=1S/C41H28N2O.C40H24N2O2.C38H26N4/c1-41(2)33-23-22-25-12-6-7-17-29(25)35(33)38-36(41)37(26-13-4-3-5-14-26)42-40(43-38)28-16-10-15-27(24-28)30-19-11-20-32-31-18-8-9-21-34(31)44-39(30)32;1-2-9-26(10-3-1)37-39-38(32-14-5-7-16-35(32)44-39)42-40(41-37)27-19-17-25(18-20-27)28-11-8-12-29(23-28)30-21-22-36-33(24-30)31-13-4-6-15-34(31)43-36;1-38(30-18-6-3-7-19-30)32-24-27-15-9-8-14-26(27)23-31(32)35-33(38)34(25-12-4-2-5-13-25)41-37(42-35)29-17-10-16-28(22-29)36-39-20-11-21-40-36/h3-24H,1-2H3;1-24H;2-24H,1H3. The SMILES string of the molecule is CC1(C)c2ccc3ccccc3c2-c2nc(-c3cccc(-c4cccc5c4oc4ccccc45)c3)nc(-c3ccccc3)c21.CC1(c2ccccc2)c2cc3ccccc3cc2-c2nc(-c3cccc(-c4ncccn4)c3)nc(-c3ccccc3)c21.c1ccc(-c2nc(-c3ccc(-c4cccc(-c5ccc6oc7ccccc7c6c5)c4)cc3)nc3c2oc2ccccc23)cc1. The van der Waals surface area contributed by atoms with Crippen LogP contribution in [-0.4, -0.2) is 39.9 Å². The van der Waals surface area contributed by atoms with Crippen LogP contribution < -0.4 is 0 Å². The van der Waals surface area contributed by atoms with Crippen LogP contribution in [0.1, 0.15) is 48.6 Å². The second-order valence-electron chi connectivity index (χ2n) is 34.1. The van der Waals surface area contributed by atoms with E-state index in [1.165, 1.54) is 49.4 Å². The number of nitrogens with zero attached hydrogens (tertiary/aromatic N) is 8. The molecule has 0 bridgehead atoms. The minimum Gasteiger partial charge on any atom is -0.456 e. The van der Waals surface area contributed by atoms with Crippen LogP contribution >= 0.6 is 0 Å². The van der Waals surface area contributed by atoms with Gasteiger partial charge in [0.05, 0.1) is 22.8 Å². The zero-order chi connectivity index (χ0) is 86.5. The van der Waals surface area contributed by atoms with E-state index >= 15 is 0 Å². The van der Waals surface area contributed by atoms with Crippen molar-refractivity contribution in [2.75, 3.05) is 0 Å². The highest BCUT2D eigenvalue weighted by atomic mass is 16.3. The predicted molar refractivity (Wildman–Crippen MR) is 528 cm³/mol. The Balaban J connectivity index is 0.000000108. The number of furan rings is 3. The van der Waals surface area contributed by atoms with Crippen molar-refractivity contribution in [1.29, 1.82) is 0 Å². The molecule has 130 heavy (non-hydrogen) atoms. The predicted octanol–water partition coefficient (Wildman–Crippen LogP) is 30.5. The Morgan fingerprint density at radius 3 is 1.34 bits per heavy atom. The molecule has 26 rings (SSSR count). The van der Waals surface area contributed by atoms with Crippen molar-refractivity contribution in [2.24, 2.45) is 0 Å². The van der Waals surface area contributed by atoms with Crippen molar-refractivity contribution in [2.45, 2.75) is 31.6 Å². The van der Waals surface area contributed by atoms with Crippen molar-refractivity contribution in [3.63, 3.8) is 0 Å². The van der Waals surface area contributed by atoms with Gasteiger partial charge >= 0.3 is 0 Å². The van der Waals surface area contributed by atoms with Crippen molar-refractivity contribution < 1.29 is 13.3 Å². The average Bonchev–Trinajstić information content (AvgIpc) is 1.54. The second-order valence-corrected chi connectivity index (χ2v) is 34.1. The molecule has 0 saturated carbocycles. The summed E-state index contributed by atoms with van der Waals surface area (Å²) in [6.45, 7) is 6.93. The second kappa shape index (κ2) is 31.3. The number of para-hydroxylation sites is 4. The van der Waals surface area contributed by atoms with Crippen LogP contribution in [0.4, 0.5) is 0 Å². The Labute approximate surface area is 749 Å². The lowest BCUT2D eigenvalue weighted by Crippen LogP contribution is -2.24. The van der Waals surface area contributed by atoms with Crippen LogP contribution in [0.15, 0.2) is 432 Å². The lowest BCUT2D eigenvalue weighted by atomic mass is 9.73. The summed E-state index contributed by atoms with van der Waals surface area (Å²) in [5, 5.41) is 10.4. The fraction of sp³-hybridized carbons (Fsp3) is 0.0420. The molecule has 2 aliphatic carbocycles. The van der Waals surface area contributed by atoms with E-state index in [4.69, 9.17) is 43.2 Å². The molecule has 11 nitrogen and oxygen atoms in total. The smallest absolute Gasteiger partial charge is 0.180 e. The van der Waals surface area contributed by atoms with Gasteiger partial charge in [0.2, 0.25) is 0 Å². The quantitative estimate of drug-likeness (QED) is 0.122. The van der Waals surface area contributed by atoms with Gasteiger partial charge in [-0.15, -0.1) is 0 Å². The van der Waals surface area contributed by atoms with Gasteiger partial charge in [0.15, 0.2) is 28.9 Å². The molecule has 612 valence electrons. The third-order valence-corrected chi connectivity index (χ3v) is 26.0. The van der Waals surface area contributed by atoms with Crippen molar-refractivity contribution in [3.8, 4) is 135 Å². The summed E-state index contributed by atoms with van der Waals surface area (Å²) in [6, 6.07) is 141. The number of benzene rings is 17. The molecule has 0 amide bonds. The fourth-order valence-corrected chi connectivity index (χ4v) is 19.6. The molecule has 0 saturated heterocycles. The van der Waals surface area contributed by atoms with Crippen LogP contribution in [0.2, 0.25) is 0 Å². The van der Waals surface area contributed by atoms with Crippen LogP contribution in [-0.2, 0) is 10.8 Å². The van der Waals surface area contributed by atoms with E-state index in [0.29, 0.717) is 23.1 Å². The van der Waals surface area contributed by atoms with E-state index < -0.39 is 5.41 Å². The Kier molecular flexibility index (Phi) is 18.4. The largest absolute Gasteiger partial charge is 0.456 e. The van der Waals surface area contributed by atoms with Crippen LogP contribution in [0.25, 0.3) is 223 Å². The lowest BCUT2D eigenvalue weighted by molar-refractivity contribution is 0.658. The monoisotopic (exact) mass is 1670 g/mol. The van der Waals surface area contributed by atoms with Gasteiger partial charge in [-0.2, -0.15) is 0 Å². The third-order valence-electron chi connectivity index (χ3n) is 26.0. The summed E-state index contributed by atoms with van der Waals surface area (Å²) in [7, 11) is 0. The van der Waals surface area contributed by atoms with Gasteiger partial charge in [-0.3, -0.25) is 0 Å². The normalized spacial score (nSPS) is 13.4. The first-order chi connectivity index (χ1) is 64.1. The van der Waals surface area contributed by atoms with E-state index in [0.717, 1.165) is 178 Å². The lowest BCUT2D eigenvalue weighted by Gasteiger charge is -2.29. The summed E-state index contributed by atoms with van der Waals surface area (Å²) in [4.78, 5) is 40.4. The Morgan fingerprint density at radius 1 is 0.223 bits per heavy atom. The summed E-state index contributed by atoms with van der Waals surface area (Å²) in [6.07, 6.45) is 3.53. The molecule has 2 aliphatic rings. The highest BCUT2D eigenvalue weighted by Gasteiger charge is 2.46. The van der Waals surface area contributed by atoms with Crippen molar-refractivity contribution in [3.05, 3.63) is 447 Å². The van der Waals surface area contributed by atoms with Crippen molar-refractivity contribution in [1.82, 2.24) is 39.9 Å². The zero-order valence-electron chi connectivity index (χ0n) is 71.1. The van der Waals surface area contributed by atoms with E-state index in [-0.39, 0.29) is 5.41 Å². The molecule has 17 aromatic carbocycles. The molecule has 0 radical (unpaired) electrons. The molecule has 24 aromatic rings. The zero-order valence-corrected chi connectivity index (χ0v) is 71.1. The summed E-state index contributed by atoms with van der Waals surface area (Å²) < 4.78 is 18.7. The number of hydrogen-bond acceptors (Lipinski definition) is 11. The van der Waals surface area contributed by atoms with Gasteiger partial charge in [0.25, 0.3) is 0 Å². The Bertz CT molecular complexity index is 8590. The highest BCUT2D eigenvalue weighted by molar-refractivity contribution is 6.11. The van der Waals surface area contributed by atoms with Gasteiger partial charge in [0.1, 0.15) is 39.1 Å². The first kappa shape index (κ1) is 76.6. The Morgan fingerprint density at radius 2 is 0.662 bits per heavy atom. The van der Waals surface area contributed by atoms with Crippen LogP contribution in [0, 0.1) is 0 Å². The number of hydrogen-bond donors (Lipinski definition) is 0. The maximum absolute atomic E-state index is 6.39. The molecule has 1 atom stereocenters. The molecule has 11 heteroatoms. The number of rotatable bonds is 11. The summed E-state index contributed by atoms with van der Waals surface area (Å²) in [5.74, 6) is 2.75. The molecule has 7 heterocycles. The molecular weight excluding hydrogens is 1590 g/mol. The minimum absolute atomic E-state index is 0.253. The molecule has 0 aliphatic heterocycles. The van der Waals surface area contributed by atoms with Gasteiger partial charge in [0, 0.05) is 117 Å². The van der Waals surface area contributed by atoms with Crippen LogP contribution in [0.3, 0.4) is 0 Å². The van der Waals surface area contributed by atoms with Gasteiger partial charge in [-0.25, -0.2) is 39.9 Å². The molecule has 0 N–H and O–H groups in total. The molecule has 0 spiro atoms. The molecule has 0 fully saturated rings. The van der Waals surface area contributed by atoms with E-state index in [9.17, 15) is 0 Å². The molecule has 7 aromatic heterocycles. The van der Waals surface area contributed by atoms with Crippen molar-refractivity contribution >= 4 is 87.5 Å². The topological polar surface area (TPSA) is 143 Å².